The van der Waals surface area contributed by atoms with Crippen molar-refractivity contribution in [1.82, 2.24) is 5.32 Å². The summed E-state index contributed by atoms with van der Waals surface area (Å²) in [5.41, 5.74) is 0. The fourth-order valence-corrected chi connectivity index (χ4v) is 12.9. The first-order chi connectivity index (χ1) is 42.0. The van der Waals surface area contributed by atoms with Gasteiger partial charge in [0.2, 0.25) is 5.91 Å². The summed E-state index contributed by atoms with van der Waals surface area (Å²) in [6, 6.07) is -0.902. The van der Waals surface area contributed by atoms with E-state index in [1.165, 1.54) is 353 Å². The quantitative estimate of drug-likeness (QED) is 0.0272. The minimum absolute atomic E-state index is 0.00328. The second-order valence-corrected chi connectivity index (χ2v) is 29.5. The van der Waals surface area contributed by atoms with Gasteiger partial charge in [-0.15, -0.1) is 0 Å². The zero-order valence-corrected chi connectivity index (χ0v) is 59.7. The van der Waals surface area contributed by atoms with Crippen LogP contribution >= 0.6 is 7.82 Å². The predicted molar refractivity (Wildman–Crippen MR) is 376 cm³/mol. The number of quaternary nitrogens is 1. The molecule has 0 aromatic heterocycles. The Morgan fingerprint density at radius 1 is 0.395 bits per heavy atom. The number of carbonyl (C=O) groups is 1. The number of aliphatic hydroxyl groups excluding tert-OH is 1. The van der Waals surface area contributed by atoms with Crippen LogP contribution in [0, 0.1) is 0 Å². The van der Waals surface area contributed by atoms with E-state index in [4.69, 9.17) is 9.05 Å². The molecule has 0 rings (SSSR count). The number of rotatable bonds is 73. The molecule has 86 heavy (non-hydrogen) atoms. The number of allylic oxidation sites excluding steroid dienone is 3. The number of amides is 1. The summed E-state index contributed by atoms with van der Waals surface area (Å²) in [5.74, 6) is -0.197. The molecule has 9 heteroatoms. The van der Waals surface area contributed by atoms with Crippen molar-refractivity contribution < 1.29 is 32.9 Å². The van der Waals surface area contributed by atoms with Crippen molar-refractivity contribution in [2.45, 2.75) is 424 Å². The molecule has 0 aromatic carbocycles. The number of phosphoric acid groups is 1. The average molecular weight is 1230 g/mol. The van der Waals surface area contributed by atoms with Crippen molar-refractivity contribution in [3.05, 3.63) is 24.3 Å². The molecule has 3 unspecified atom stereocenters. The van der Waals surface area contributed by atoms with Gasteiger partial charge in [-0.2, -0.15) is 0 Å². The molecular weight excluding hydrogens is 1080 g/mol. The van der Waals surface area contributed by atoms with Gasteiger partial charge >= 0.3 is 0 Å². The molecule has 0 aliphatic carbocycles. The molecule has 1 amide bonds. The molecule has 0 bridgehead atoms. The second-order valence-electron chi connectivity index (χ2n) is 28.1. The van der Waals surface area contributed by atoms with Crippen LogP contribution in [0.3, 0.4) is 0 Å². The fourth-order valence-electron chi connectivity index (χ4n) is 12.2. The molecule has 0 radical (unpaired) electrons. The van der Waals surface area contributed by atoms with Crippen molar-refractivity contribution in [1.29, 1.82) is 0 Å². The maximum Gasteiger partial charge on any atom is 0.268 e. The molecule has 0 heterocycles. The number of nitrogens with zero attached hydrogens (tertiary/aromatic N) is 1. The molecule has 8 nitrogen and oxygen atoms in total. The first-order valence-electron chi connectivity index (χ1n) is 38.7. The lowest BCUT2D eigenvalue weighted by Crippen LogP contribution is -2.45. The molecule has 0 aliphatic rings. The molecule has 2 N–H and O–H groups in total. The van der Waals surface area contributed by atoms with Crippen molar-refractivity contribution in [2.75, 3.05) is 40.9 Å². The van der Waals surface area contributed by atoms with Crippen LogP contribution < -0.4 is 10.2 Å². The summed E-state index contributed by atoms with van der Waals surface area (Å²) in [5, 5.41) is 14.0. The maximum atomic E-state index is 13.1. The summed E-state index contributed by atoms with van der Waals surface area (Å²) in [4.78, 5) is 25.7. The Hall–Kier alpha value is -1.02. The monoisotopic (exact) mass is 1230 g/mol. The SMILES string of the molecule is CCCCCCCCCCCCCCCCCCCCCCCCCCCC/C=C/CC/C=C/C(O)C(COP(=O)([O-])OCC[N+](C)(C)C)NC(=O)CCCCCCCCCCCCCCCCCCCCCCCCCCCCCCCCCC. The van der Waals surface area contributed by atoms with Crippen molar-refractivity contribution >= 4 is 13.7 Å². The van der Waals surface area contributed by atoms with Crippen LogP contribution in [0.4, 0.5) is 0 Å². The van der Waals surface area contributed by atoms with E-state index in [2.05, 4.69) is 31.3 Å². The third-order valence-corrected chi connectivity index (χ3v) is 19.1. The molecule has 0 aliphatic heterocycles. The van der Waals surface area contributed by atoms with E-state index in [0.717, 1.165) is 38.5 Å². The van der Waals surface area contributed by atoms with Gasteiger partial charge in [0.15, 0.2) is 0 Å². The Morgan fingerprint density at radius 2 is 0.651 bits per heavy atom. The number of unbranched alkanes of at least 4 members (excludes halogenated alkanes) is 58. The minimum Gasteiger partial charge on any atom is -0.756 e. The number of phosphoric ester groups is 1. The topological polar surface area (TPSA) is 108 Å². The highest BCUT2D eigenvalue weighted by Gasteiger charge is 2.23. The van der Waals surface area contributed by atoms with Gasteiger partial charge < -0.3 is 28.8 Å². The number of aliphatic hydroxyl groups is 1. The first-order valence-corrected chi connectivity index (χ1v) is 40.2. The number of nitrogens with one attached hydrogen (secondary N) is 1. The van der Waals surface area contributed by atoms with Crippen molar-refractivity contribution in [3.63, 3.8) is 0 Å². The third kappa shape index (κ3) is 70.4. The van der Waals surface area contributed by atoms with Gasteiger partial charge in [0.1, 0.15) is 13.2 Å². The van der Waals surface area contributed by atoms with Crippen molar-refractivity contribution in [2.24, 2.45) is 0 Å². The van der Waals surface area contributed by atoms with E-state index < -0.39 is 20.0 Å². The van der Waals surface area contributed by atoms with Gasteiger partial charge in [0, 0.05) is 6.42 Å². The Bertz CT molecular complexity index is 1450. The highest BCUT2D eigenvalue weighted by molar-refractivity contribution is 7.45. The molecule has 512 valence electrons. The van der Waals surface area contributed by atoms with Crippen LogP contribution in [0.2, 0.25) is 0 Å². The van der Waals surface area contributed by atoms with Crippen LogP contribution in [0.5, 0.6) is 0 Å². The number of likely N-dealkylation sites (N-methyl/N-ethyl adjacent to an activating group) is 1. The Kier molecular flexibility index (Phi) is 67.5. The lowest BCUT2D eigenvalue weighted by Gasteiger charge is -2.29. The van der Waals surface area contributed by atoms with Crippen LogP contribution in [0.15, 0.2) is 24.3 Å². The fraction of sp³-hybridized carbons (Fsp3) is 0.935. The largest absolute Gasteiger partial charge is 0.756 e. The molecule has 0 fully saturated rings. The van der Waals surface area contributed by atoms with Gasteiger partial charge in [0.05, 0.1) is 39.9 Å². The third-order valence-electron chi connectivity index (χ3n) is 18.2. The van der Waals surface area contributed by atoms with E-state index in [1.807, 2.05) is 27.2 Å². The van der Waals surface area contributed by atoms with Gasteiger partial charge in [-0.3, -0.25) is 9.36 Å². The number of hydrogen-bond acceptors (Lipinski definition) is 6. The number of carbonyl (C=O) groups excluding carboxylic acids is 1. The summed E-state index contributed by atoms with van der Waals surface area (Å²) in [6.45, 7) is 4.71. The highest BCUT2D eigenvalue weighted by atomic mass is 31.2. The molecular formula is C77H153N2O6P. The molecule has 3 atom stereocenters. The number of hydrogen-bond donors (Lipinski definition) is 2. The summed E-state index contributed by atoms with van der Waals surface area (Å²) in [7, 11) is 1.27. The van der Waals surface area contributed by atoms with Crippen molar-refractivity contribution in [3.8, 4) is 0 Å². The maximum absolute atomic E-state index is 13.1. The second kappa shape index (κ2) is 68.3. The van der Waals surface area contributed by atoms with Crippen LogP contribution in [-0.4, -0.2) is 68.5 Å². The average Bonchev–Trinajstić information content (AvgIpc) is 3.70. The van der Waals surface area contributed by atoms with Gasteiger partial charge in [0.25, 0.3) is 7.82 Å². The van der Waals surface area contributed by atoms with Gasteiger partial charge in [-0.1, -0.05) is 398 Å². The van der Waals surface area contributed by atoms with E-state index in [-0.39, 0.29) is 19.1 Å². The van der Waals surface area contributed by atoms with E-state index in [0.29, 0.717) is 17.4 Å². The smallest absolute Gasteiger partial charge is 0.268 e. The Balaban J connectivity index is 4.00. The summed E-state index contributed by atoms with van der Waals surface area (Å²) in [6.07, 6.45) is 90.6. The highest BCUT2D eigenvalue weighted by Crippen LogP contribution is 2.38. The van der Waals surface area contributed by atoms with Gasteiger partial charge in [-0.25, -0.2) is 0 Å². The normalized spacial score (nSPS) is 13.6. The lowest BCUT2D eigenvalue weighted by atomic mass is 10.0. The minimum atomic E-state index is -4.61. The predicted octanol–water partition coefficient (Wildman–Crippen LogP) is 24.4. The van der Waals surface area contributed by atoms with E-state index in [9.17, 15) is 19.4 Å². The molecule has 0 saturated carbocycles. The molecule has 0 aromatic rings. The lowest BCUT2D eigenvalue weighted by molar-refractivity contribution is -0.870. The zero-order chi connectivity index (χ0) is 62.6. The van der Waals surface area contributed by atoms with E-state index >= 15 is 0 Å². The zero-order valence-electron chi connectivity index (χ0n) is 58.8. The van der Waals surface area contributed by atoms with Crippen LogP contribution in [0.25, 0.3) is 0 Å². The van der Waals surface area contributed by atoms with Crippen LogP contribution in [0.1, 0.15) is 412 Å². The van der Waals surface area contributed by atoms with Gasteiger partial charge in [-0.05, 0) is 32.1 Å². The molecule has 0 spiro atoms. The Labute approximate surface area is 538 Å². The summed E-state index contributed by atoms with van der Waals surface area (Å²) < 4.78 is 23.5. The van der Waals surface area contributed by atoms with Crippen LogP contribution in [-0.2, 0) is 18.4 Å². The summed E-state index contributed by atoms with van der Waals surface area (Å²) >= 11 is 0. The first kappa shape index (κ1) is 85.0. The Morgan fingerprint density at radius 3 is 0.942 bits per heavy atom. The molecule has 0 saturated heterocycles. The standard InChI is InChI=1S/C77H153N2O6P/c1-6-8-10-12-14-16-18-20-22-24-26-28-30-32-34-36-38-40-42-44-46-48-50-52-54-56-58-60-62-64-66-68-70-76(80)75(74-85-86(82,83)84-73-72-79(3,4)5)78-77(81)71-69-67-65-63-61-59-57-55-53-51-49-47-45-43-41-39-37-35-33-31-29-27-25-23-21-19-17-15-13-11-9-7-2/h60,62,68,70,75-76,80H,6-59,61,63-67,69,71-74H2,1-5H3,(H-,78,81,82,83)/b62-60+,70-68+. The van der Waals surface area contributed by atoms with E-state index in [1.54, 1.807) is 6.08 Å².